The van der Waals surface area contributed by atoms with Crippen LogP contribution in [0.4, 0.5) is 11.9 Å². The molecule has 0 radical (unpaired) electrons. The van der Waals surface area contributed by atoms with E-state index in [1.54, 1.807) is 30.9 Å². The van der Waals surface area contributed by atoms with Crippen molar-refractivity contribution in [1.29, 1.82) is 0 Å². The molecule has 2 saturated heterocycles. The van der Waals surface area contributed by atoms with Gasteiger partial charge in [-0.1, -0.05) is 12.8 Å². The fourth-order valence-corrected chi connectivity index (χ4v) is 3.61. The Hall–Kier alpha value is -2.77. The van der Waals surface area contributed by atoms with Gasteiger partial charge < -0.3 is 14.7 Å². The van der Waals surface area contributed by atoms with Crippen LogP contribution in [0.25, 0.3) is 0 Å². The summed E-state index contributed by atoms with van der Waals surface area (Å²) in [5, 5.41) is 0. The Morgan fingerprint density at radius 1 is 0.704 bits per heavy atom. The van der Waals surface area contributed by atoms with Gasteiger partial charge in [-0.2, -0.15) is 0 Å². The Balaban J connectivity index is 1.36. The molecule has 2 fully saturated rings. The SMILES string of the molecule is O=C(c1cnc(N2CCCCCC2)nc1)N1CCN(c2ncccn2)CC1. The van der Waals surface area contributed by atoms with Gasteiger partial charge in [-0.15, -0.1) is 0 Å². The summed E-state index contributed by atoms with van der Waals surface area (Å²) in [6.07, 6.45) is 11.7. The molecule has 4 rings (SSSR count). The van der Waals surface area contributed by atoms with Crippen molar-refractivity contribution < 1.29 is 4.79 Å². The fourth-order valence-electron chi connectivity index (χ4n) is 3.61. The zero-order valence-electron chi connectivity index (χ0n) is 15.5. The number of carbonyl (C=O) groups is 1. The van der Waals surface area contributed by atoms with E-state index in [1.807, 2.05) is 4.90 Å². The molecule has 8 heteroatoms. The lowest BCUT2D eigenvalue weighted by atomic mass is 10.2. The lowest BCUT2D eigenvalue weighted by molar-refractivity contribution is 0.0745. The second-order valence-electron chi connectivity index (χ2n) is 7.00. The van der Waals surface area contributed by atoms with Crippen molar-refractivity contribution >= 4 is 17.8 Å². The first-order valence-electron chi connectivity index (χ1n) is 9.69. The highest BCUT2D eigenvalue weighted by Gasteiger charge is 2.24. The van der Waals surface area contributed by atoms with E-state index in [0.29, 0.717) is 18.7 Å². The Morgan fingerprint density at radius 2 is 1.26 bits per heavy atom. The Bertz CT molecular complexity index is 736. The second kappa shape index (κ2) is 8.28. The standard InChI is InChI=1S/C19H25N7O/c27-17(24-10-12-26(13-11-24)18-20-6-5-7-21-18)16-14-22-19(23-15-16)25-8-3-1-2-4-9-25/h5-7,14-15H,1-4,8-13H2. The van der Waals surface area contributed by atoms with Gasteiger partial charge in [0.05, 0.1) is 5.56 Å². The largest absolute Gasteiger partial charge is 0.341 e. The minimum atomic E-state index is -0.00829. The van der Waals surface area contributed by atoms with Gasteiger partial charge in [0.2, 0.25) is 11.9 Å². The smallest absolute Gasteiger partial charge is 0.257 e. The van der Waals surface area contributed by atoms with Crippen LogP contribution in [0.2, 0.25) is 0 Å². The molecule has 0 saturated carbocycles. The summed E-state index contributed by atoms with van der Waals surface area (Å²) < 4.78 is 0. The first-order chi connectivity index (χ1) is 13.3. The number of rotatable bonds is 3. The van der Waals surface area contributed by atoms with E-state index in [2.05, 4.69) is 29.7 Å². The first-order valence-corrected chi connectivity index (χ1v) is 9.69. The number of carbonyl (C=O) groups excluding carboxylic acids is 1. The molecule has 4 heterocycles. The van der Waals surface area contributed by atoms with Crippen LogP contribution in [0, 0.1) is 0 Å². The van der Waals surface area contributed by atoms with Gasteiger partial charge in [-0.05, 0) is 18.9 Å². The zero-order chi connectivity index (χ0) is 18.5. The van der Waals surface area contributed by atoms with E-state index in [0.717, 1.165) is 38.1 Å². The lowest BCUT2D eigenvalue weighted by Gasteiger charge is -2.34. The average molecular weight is 367 g/mol. The molecular weight excluding hydrogens is 342 g/mol. The maximum Gasteiger partial charge on any atom is 0.257 e. The number of piperazine rings is 1. The highest BCUT2D eigenvalue weighted by Crippen LogP contribution is 2.16. The summed E-state index contributed by atoms with van der Waals surface area (Å²) in [6.45, 7) is 4.73. The van der Waals surface area contributed by atoms with E-state index in [4.69, 9.17) is 0 Å². The van der Waals surface area contributed by atoms with Gasteiger partial charge in [0, 0.05) is 64.1 Å². The Kier molecular flexibility index (Phi) is 5.41. The van der Waals surface area contributed by atoms with Gasteiger partial charge in [-0.25, -0.2) is 19.9 Å². The van der Waals surface area contributed by atoms with Gasteiger partial charge in [0.15, 0.2) is 0 Å². The molecule has 2 aromatic heterocycles. The normalized spacial score (nSPS) is 18.3. The van der Waals surface area contributed by atoms with E-state index in [-0.39, 0.29) is 5.91 Å². The summed E-state index contributed by atoms with van der Waals surface area (Å²) in [5.41, 5.74) is 0.554. The number of anilines is 2. The van der Waals surface area contributed by atoms with Crippen molar-refractivity contribution in [2.75, 3.05) is 49.1 Å². The third kappa shape index (κ3) is 4.15. The van der Waals surface area contributed by atoms with Crippen molar-refractivity contribution in [1.82, 2.24) is 24.8 Å². The molecule has 2 aromatic rings. The van der Waals surface area contributed by atoms with Gasteiger partial charge in [0.25, 0.3) is 5.91 Å². The molecule has 27 heavy (non-hydrogen) atoms. The lowest BCUT2D eigenvalue weighted by Crippen LogP contribution is -2.49. The molecule has 8 nitrogen and oxygen atoms in total. The molecule has 142 valence electrons. The number of hydrogen-bond acceptors (Lipinski definition) is 7. The second-order valence-corrected chi connectivity index (χ2v) is 7.00. The molecule has 0 bridgehead atoms. The summed E-state index contributed by atoms with van der Waals surface area (Å²) in [6, 6.07) is 1.80. The number of hydrogen-bond donors (Lipinski definition) is 0. The van der Waals surface area contributed by atoms with Crippen molar-refractivity contribution in [3.8, 4) is 0 Å². The first kappa shape index (κ1) is 17.6. The topological polar surface area (TPSA) is 78.4 Å². The molecule has 0 aromatic carbocycles. The number of aromatic nitrogens is 4. The quantitative estimate of drug-likeness (QED) is 0.815. The summed E-state index contributed by atoms with van der Waals surface area (Å²) in [7, 11) is 0. The predicted molar refractivity (Wildman–Crippen MR) is 103 cm³/mol. The maximum absolute atomic E-state index is 12.8. The summed E-state index contributed by atoms with van der Waals surface area (Å²) >= 11 is 0. The van der Waals surface area contributed by atoms with Crippen LogP contribution in [0.1, 0.15) is 36.0 Å². The third-order valence-electron chi connectivity index (χ3n) is 5.18. The predicted octanol–water partition coefficient (Wildman–Crippen LogP) is 1.61. The molecule has 1 amide bonds. The maximum atomic E-state index is 12.8. The van der Waals surface area contributed by atoms with Crippen LogP contribution in [-0.2, 0) is 0 Å². The van der Waals surface area contributed by atoms with Crippen LogP contribution < -0.4 is 9.80 Å². The minimum Gasteiger partial charge on any atom is -0.341 e. The van der Waals surface area contributed by atoms with Crippen LogP contribution in [0.15, 0.2) is 30.9 Å². The minimum absolute atomic E-state index is 0.00829. The van der Waals surface area contributed by atoms with E-state index >= 15 is 0 Å². The van der Waals surface area contributed by atoms with Crippen molar-refractivity contribution in [3.63, 3.8) is 0 Å². The Labute approximate surface area is 159 Å². The van der Waals surface area contributed by atoms with E-state index in [9.17, 15) is 4.79 Å². The summed E-state index contributed by atoms with van der Waals surface area (Å²) in [4.78, 5) is 36.4. The molecule has 0 atom stereocenters. The Morgan fingerprint density at radius 3 is 1.89 bits per heavy atom. The molecule has 2 aliphatic rings. The monoisotopic (exact) mass is 367 g/mol. The van der Waals surface area contributed by atoms with Crippen LogP contribution in [0.5, 0.6) is 0 Å². The van der Waals surface area contributed by atoms with Gasteiger partial charge >= 0.3 is 0 Å². The molecular formula is C19H25N7O. The molecule has 2 aliphatic heterocycles. The number of nitrogens with zero attached hydrogens (tertiary/aromatic N) is 7. The van der Waals surface area contributed by atoms with Crippen molar-refractivity contribution in [3.05, 3.63) is 36.4 Å². The number of amides is 1. The molecule has 0 spiro atoms. The fraction of sp³-hybridized carbons (Fsp3) is 0.526. The molecule has 0 aliphatic carbocycles. The van der Waals surface area contributed by atoms with Gasteiger partial charge in [-0.3, -0.25) is 4.79 Å². The van der Waals surface area contributed by atoms with Gasteiger partial charge in [0.1, 0.15) is 0 Å². The third-order valence-corrected chi connectivity index (χ3v) is 5.18. The molecule has 0 N–H and O–H groups in total. The van der Waals surface area contributed by atoms with Crippen LogP contribution >= 0.6 is 0 Å². The highest BCUT2D eigenvalue weighted by molar-refractivity contribution is 5.93. The van der Waals surface area contributed by atoms with Crippen molar-refractivity contribution in [2.45, 2.75) is 25.7 Å². The van der Waals surface area contributed by atoms with Crippen LogP contribution in [0.3, 0.4) is 0 Å². The zero-order valence-corrected chi connectivity index (χ0v) is 15.5. The van der Waals surface area contributed by atoms with E-state index < -0.39 is 0 Å². The van der Waals surface area contributed by atoms with Crippen LogP contribution in [-0.4, -0.2) is 70.0 Å². The average Bonchev–Trinajstić information content (AvgIpc) is 3.04. The molecule has 0 unspecified atom stereocenters. The summed E-state index contributed by atoms with van der Waals surface area (Å²) in [5.74, 6) is 1.44. The highest BCUT2D eigenvalue weighted by atomic mass is 16.2. The van der Waals surface area contributed by atoms with Crippen molar-refractivity contribution in [2.24, 2.45) is 0 Å². The van der Waals surface area contributed by atoms with E-state index in [1.165, 1.54) is 25.7 Å².